The second-order valence-electron chi connectivity index (χ2n) is 25.4. The first-order valence-electron chi connectivity index (χ1n) is 50.8. The van der Waals surface area contributed by atoms with Crippen molar-refractivity contribution in [3.63, 3.8) is 0 Å². The van der Waals surface area contributed by atoms with E-state index in [9.17, 15) is 32.5 Å². The number of benzene rings is 4. The van der Waals surface area contributed by atoms with Crippen LogP contribution in [-0.4, -0.2) is 156 Å². The lowest BCUT2D eigenvalue weighted by molar-refractivity contribution is 0.211. The van der Waals surface area contributed by atoms with Crippen molar-refractivity contribution in [3.05, 3.63) is 184 Å². The summed E-state index contributed by atoms with van der Waals surface area (Å²) in [5.41, 5.74) is -1.62. The minimum atomic E-state index is -2.98. The van der Waals surface area contributed by atoms with Gasteiger partial charge in [0.05, 0.1) is 47.8 Å². The molecule has 116 heavy (non-hydrogen) atoms. The van der Waals surface area contributed by atoms with Gasteiger partial charge < -0.3 is 21.2 Å². The number of thiazole rings is 4. The Morgan fingerprint density at radius 1 is 0.440 bits per heavy atom. The quantitative estimate of drug-likeness (QED) is 0.0547. The van der Waals surface area contributed by atoms with Crippen molar-refractivity contribution in [3.8, 4) is 24.3 Å². The molecule has 4 aliphatic rings. The fraction of sp³-hybridized carbons (Fsp3) is 0.407. The lowest BCUT2D eigenvalue weighted by Gasteiger charge is -2.32. The molecule has 0 saturated carbocycles. The van der Waals surface area contributed by atoms with E-state index in [1.807, 2.05) is 0 Å². The molecule has 4 saturated heterocycles. The Morgan fingerprint density at radius 3 is 1.16 bits per heavy atom. The van der Waals surface area contributed by atoms with E-state index >= 15 is 0 Å². The van der Waals surface area contributed by atoms with E-state index in [0.29, 0.717) is 21.7 Å². The van der Waals surface area contributed by atoms with Crippen molar-refractivity contribution in [2.45, 2.75) is 160 Å². The van der Waals surface area contributed by atoms with Crippen LogP contribution in [0.25, 0.3) is 41.4 Å². The number of hydrogen-bond donors (Lipinski definition) is 4. The molecule has 4 atom stereocenters. The lowest BCUT2D eigenvalue weighted by Crippen LogP contribution is -2.38. The Morgan fingerprint density at radius 2 is 0.767 bits per heavy atom. The first kappa shape index (κ1) is 51.2. The van der Waals surface area contributed by atoms with Gasteiger partial charge in [0.1, 0.15) is 106 Å². The van der Waals surface area contributed by atoms with Gasteiger partial charge in [-0.3, -0.25) is 19.6 Å². The molecular formula is C81H83Cl2F5N24S4. The van der Waals surface area contributed by atoms with E-state index in [2.05, 4.69) is 59.8 Å². The molecule has 600 valence electrons. The molecule has 12 heterocycles. The Bertz CT molecular complexity index is 7260. The number of hydrogen-bond acceptors (Lipinski definition) is 28. The topological polar surface area (TPSA) is 311 Å². The molecule has 0 aliphatic carbocycles. The van der Waals surface area contributed by atoms with Crippen LogP contribution in [-0.2, 0) is 26.1 Å². The molecule has 0 spiro atoms. The van der Waals surface area contributed by atoms with Crippen molar-refractivity contribution in [2.24, 2.45) is 0 Å². The summed E-state index contributed by atoms with van der Waals surface area (Å²) in [6, 6.07) is 5.56. The van der Waals surface area contributed by atoms with Crippen molar-refractivity contribution < 1.29 is 67.4 Å². The Balaban J connectivity index is 0.000000166. The molecule has 16 rings (SSSR count). The fourth-order valence-electron chi connectivity index (χ4n) is 10.6. The molecule has 4 aliphatic heterocycles. The molecule has 0 bridgehead atoms. The maximum atomic E-state index is 14.2. The van der Waals surface area contributed by atoms with Crippen molar-refractivity contribution >= 4 is 133 Å². The molecule has 0 radical (unpaired) electrons. The maximum Gasteiger partial charge on any atom is 0.186 e. The highest BCUT2D eigenvalue weighted by molar-refractivity contribution is 7.22. The van der Waals surface area contributed by atoms with Crippen LogP contribution in [0.3, 0.4) is 0 Å². The third-order valence-corrected chi connectivity index (χ3v) is 21.4. The molecule has 24 nitrogen and oxygen atoms in total. The highest BCUT2D eigenvalue weighted by atomic mass is 35.5. The number of piperidine rings is 4. The summed E-state index contributed by atoms with van der Waals surface area (Å²) < 4.78 is 354. The van der Waals surface area contributed by atoms with E-state index in [0.717, 1.165) is 109 Å². The summed E-state index contributed by atoms with van der Waals surface area (Å²) in [6.45, 7) is -1.60. The third-order valence-electron chi connectivity index (χ3n) is 16.2. The monoisotopic (exact) mass is 1720 g/mol. The number of nitrogens with zero attached hydrogens (tertiary/aromatic N) is 20. The average Bonchev–Trinajstić information content (AvgIpc) is 1.66. The highest BCUT2D eigenvalue weighted by Gasteiger charge is 2.28. The van der Waals surface area contributed by atoms with E-state index in [4.69, 9.17) is 79.1 Å². The highest BCUT2D eigenvalue weighted by Crippen LogP contribution is 2.37. The van der Waals surface area contributed by atoms with Gasteiger partial charge in [0.2, 0.25) is 0 Å². The predicted molar refractivity (Wildman–Crippen MR) is 445 cm³/mol. The van der Waals surface area contributed by atoms with E-state index < -0.39 is 241 Å². The zero-order valence-corrected chi connectivity index (χ0v) is 66.2. The number of nitrogens with one attached hydrogen (secondary N) is 4. The van der Waals surface area contributed by atoms with E-state index in [1.165, 1.54) is 29.2 Å². The molecule has 4 unspecified atom stereocenters. The van der Waals surface area contributed by atoms with Gasteiger partial charge in [-0.2, -0.15) is 21.0 Å². The van der Waals surface area contributed by atoms with Gasteiger partial charge in [-0.1, -0.05) is 88.2 Å². The number of rotatable bonds is 19. The molecule has 4 fully saturated rings. The predicted octanol–water partition coefficient (Wildman–Crippen LogP) is 17.5. The summed E-state index contributed by atoms with van der Waals surface area (Å²) in [6.07, 6.45) is -21.1. The lowest BCUT2D eigenvalue weighted by atomic mass is 10.0. The molecule has 4 N–H and O–H groups in total. The largest absolute Gasteiger partial charge is 0.366 e. The Kier molecular flexibility index (Phi) is 17.2. The number of fused-ring (bicyclic) bond motifs is 4. The van der Waals surface area contributed by atoms with Crippen LogP contribution in [0.4, 0.5) is 45.2 Å². The summed E-state index contributed by atoms with van der Waals surface area (Å²) >= 11 is 15.5. The average molecular weight is 1720 g/mol. The zero-order chi connectivity index (χ0) is 111. The molecule has 35 heteroatoms. The molecule has 0 amide bonds. The second-order valence-corrected chi connectivity index (χ2v) is 30.4. The number of aromatic nitrogens is 12. The molecule has 4 aromatic carbocycles. The smallest absolute Gasteiger partial charge is 0.186 e. The number of halogens is 7. The van der Waals surface area contributed by atoms with Crippen LogP contribution in [0.1, 0.15) is 209 Å². The SMILES string of the molecule is [2H]C(c1ccc(F)c(C#N)c1)N1CC([2H])([2H])C([2H])(N([2H])c2ncnc3nc(C([2H])(C)C)sc23)C([2H])([2H])C1.[2H]C(c1ccc(F)c(Cl)c1)N1CC([2H])([2H])C([2H])(N([2H])c2ncnc3nc(Cl)sc23)C([2H])([2H])C1.[2H]c1nc(N([2H])C2([2H])C([2H])([2H])CN(C([2H])c3cc(C#N)c(F)c(C#N)c3)CC2([2H])[2H])c2sc(C([2H])(C)C)nc2n1.[2H]c1nc(N([2H])C2([2H])C([2H])([2H])CN(C([2H])c3cc(F)c(F)c(C#N)c3)CC2([2H])[2H])c2sc(C([2H])(C)C)nc2n1. The summed E-state index contributed by atoms with van der Waals surface area (Å²) in [4.78, 5) is 52.6. The fourth-order valence-corrected chi connectivity index (χ4v) is 14.5. The summed E-state index contributed by atoms with van der Waals surface area (Å²) in [5, 5.41) is 38.6. The normalized spacial score (nSPS) is 25.7. The maximum absolute atomic E-state index is 14.2. The van der Waals surface area contributed by atoms with Crippen molar-refractivity contribution in [1.29, 1.82) is 21.0 Å². The number of anilines is 4. The minimum absolute atomic E-state index is 0.0427. The van der Waals surface area contributed by atoms with Crippen molar-refractivity contribution in [2.75, 3.05) is 73.6 Å². The van der Waals surface area contributed by atoms with E-state index in [-0.39, 0.29) is 111 Å². The second kappa shape index (κ2) is 38.8. The van der Waals surface area contributed by atoms with Gasteiger partial charge in [-0.05, 0) is 122 Å². The van der Waals surface area contributed by atoms with Crippen LogP contribution < -0.4 is 21.2 Å². The minimum Gasteiger partial charge on any atom is -0.366 e. The number of nitriles is 4. The van der Waals surface area contributed by atoms with Gasteiger partial charge in [-0.25, -0.2) is 81.8 Å². The van der Waals surface area contributed by atoms with Crippen molar-refractivity contribution in [1.82, 2.24) is 79.4 Å². The van der Waals surface area contributed by atoms with Gasteiger partial charge in [0.25, 0.3) is 0 Å². The molecule has 8 aromatic heterocycles. The Hall–Kier alpha value is -10.0. The van der Waals surface area contributed by atoms with Crippen LogP contribution in [0, 0.1) is 74.4 Å². The zero-order valence-electron chi connectivity index (χ0n) is 94.4. The standard InChI is InChI=1S/C22H22FN7S.C21H22F2N6S.C21H23FN6S.C17H16Cl2FN5S/c1-13(2)22-29-21-19(31-22)20(26-12-27-21)28-17-3-5-30(6-4-17)11-14-7-15(9-24)18(23)16(8-14)10-25;1-12(2)21-28-20-18(30-21)19(25-11-26-20)27-15-3-5-29(6-4-15)10-13-7-14(9-24)17(23)16(22)8-13;1-13(2)21-27-20-18(29-21)19(24-12-25-20)26-16-5-7-28(8-6-16)11-14-3-4-17(22)15(9-14)10-23;18-12-7-10(1-2-13(12)20)8-25-5-3-11(4-6-25)23-15-14-16(22-9-21-15)24-17(19)26-14/h7-8,12-13,17H,3-6,11H2,1-2H3,(H,26,27,28);7-8,11-12,15H,3-6,10H2,1-2H3,(H,25,26,27);3-4,9,12-13,16H,5-8,11H2,1-2H3,(H,24,25,26);1-2,7,9,11H,3-6,8H2,(H,21,22,23)/i3D2,4D2,11D,12D,13D,17D;3D2,4D2,10D,11D,12D,15D;5D2,6D2,11D,13D,16D;3D2,4D2,8D,11D/hD4. The van der Waals surface area contributed by atoms with Crippen LogP contribution in [0.15, 0.2) is 85.9 Å². The Labute approximate surface area is 740 Å². The van der Waals surface area contributed by atoms with E-state index in [1.54, 1.807) is 59.8 Å². The van der Waals surface area contributed by atoms with Gasteiger partial charge >= 0.3 is 0 Å². The van der Waals surface area contributed by atoms with Crippen LogP contribution >= 0.6 is 68.5 Å². The first-order chi connectivity index (χ1) is 68.5. The summed E-state index contributed by atoms with van der Waals surface area (Å²) in [5.74, 6) is -10.0. The molecular weight excluding hydrogens is 1600 g/mol. The molecule has 12 aromatic rings. The summed E-state index contributed by atoms with van der Waals surface area (Å²) in [7, 11) is 0. The van der Waals surface area contributed by atoms with Crippen LogP contribution in [0.5, 0.6) is 0 Å². The van der Waals surface area contributed by atoms with Gasteiger partial charge in [0, 0.05) is 152 Å². The first-order valence-corrected chi connectivity index (χ1v) is 38.2. The van der Waals surface area contributed by atoms with Crippen LogP contribution in [0.2, 0.25) is 15.1 Å². The van der Waals surface area contributed by atoms with Gasteiger partial charge in [0.15, 0.2) is 50.2 Å². The third kappa shape index (κ3) is 21.2. The number of likely N-dealkylation sites (tertiary alicyclic amines) is 4. The van der Waals surface area contributed by atoms with Gasteiger partial charge in [-0.15, -0.1) is 34.0 Å².